The van der Waals surface area contributed by atoms with E-state index in [4.69, 9.17) is 11.6 Å². The highest BCUT2D eigenvalue weighted by Crippen LogP contribution is 2.18. The summed E-state index contributed by atoms with van der Waals surface area (Å²) in [5, 5.41) is 3.12. The first kappa shape index (κ1) is 22.0. The van der Waals surface area contributed by atoms with Gasteiger partial charge < -0.3 is 5.32 Å². The van der Waals surface area contributed by atoms with E-state index in [1.54, 1.807) is 35.6 Å². The van der Waals surface area contributed by atoms with E-state index in [1.165, 1.54) is 0 Å². The first-order valence-corrected chi connectivity index (χ1v) is 10.7. The quantitative estimate of drug-likeness (QED) is 0.715. The van der Waals surface area contributed by atoms with Gasteiger partial charge in [-0.1, -0.05) is 31.2 Å². The molecule has 0 radical (unpaired) electrons. The van der Waals surface area contributed by atoms with Crippen LogP contribution in [-0.2, 0) is 22.1 Å². The van der Waals surface area contributed by atoms with Crippen LogP contribution in [-0.4, -0.2) is 44.0 Å². The second-order valence-electron chi connectivity index (χ2n) is 6.18. The number of piperazine rings is 1. The first-order valence-electron chi connectivity index (χ1n) is 8.81. The van der Waals surface area contributed by atoms with Gasteiger partial charge in [-0.15, -0.1) is 0 Å². The maximum Gasteiger partial charge on any atom is 0.295 e. The standard InChI is InChI=1S/C19H24ClN5O2S/c1-6-12(3)25-18(23-13(4)20)16(7-2)24-17(19(25)26)22-10-14-8-9-15(11-21-14)28(5)27/h7-9,11-12H,4,6,10H2,1-3,5H3,(H,22,24)/b16-7+,23-18+/t12-,28?/m1/s1. The van der Waals surface area contributed by atoms with Crippen molar-refractivity contribution in [1.82, 2.24) is 15.2 Å². The molecule has 2 heterocycles. The van der Waals surface area contributed by atoms with E-state index in [0.29, 0.717) is 22.1 Å². The summed E-state index contributed by atoms with van der Waals surface area (Å²) in [4.78, 5) is 28.2. The minimum atomic E-state index is -1.09. The van der Waals surface area contributed by atoms with Gasteiger partial charge in [0, 0.05) is 18.5 Å². The minimum absolute atomic E-state index is 0.0928. The largest absolute Gasteiger partial charge is 0.333 e. The summed E-state index contributed by atoms with van der Waals surface area (Å²) in [6.45, 7) is 9.58. The number of halogens is 1. The number of nitrogens with zero attached hydrogens (tertiary/aromatic N) is 4. The number of carbonyl (C=O) groups excluding carboxylic acids is 1. The zero-order valence-corrected chi connectivity index (χ0v) is 18.0. The summed E-state index contributed by atoms with van der Waals surface area (Å²) < 4.78 is 11.5. The van der Waals surface area contributed by atoms with E-state index in [-0.39, 0.29) is 29.5 Å². The van der Waals surface area contributed by atoms with Gasteiger partial charge in [-0.3, -0.25) is 23.9 Å². The molecule has 1 saturated heterocycles. The number of carbonyl (C=O) groups is 1. The van der Waals surface area contributed by atoms with Gasteiger partial charge in [0.15, 0.2) is 11.7 Å². The molecule has 0 aliphatic carbocycles. The molecular formula is C19H24ClN5O2S. The predicted molar refractivity (Wildman–Crippen MR) is 114 cm³/mol. The molecule has 1 N–H and O–H groups in total. The van der Waals surface area contributed by atoms with Gasteiger partial charge in [0.05, 0.1) is 33.6 Å². The number of aromatic nitrogens is 1. The number of amides is 1. The summed E-state index contributed by atoms with van der Waals surface area (Å²) >= 11 is 5.87. The number of amidine groups is 2. The van der Waals surface area contributed by atoms with Crippen molar-refractivity contribution in [1.29, 1.82) is 0 Å². The minimum Gasteiger partial charge on any atom is -0.333 e. The zero-order valence-electron chi connectivity index (χ0n) is 16.4. The SMILES string of the molecule is C=C(Cl)/N=C1\C(=C/C)NC(=NCc2ccc(S(C)=O)cn2)C(=O)N1[C@H](C)CC. The molecule has 1 aliphatic rings. The normalized spacial score (nSPS) is 21.1. The molecule has 1 unspecified atom stereocenters. The van der Waals surface area contributed by atoms with Gasteiger partial charge in [-0.05, 0) is 32.4 Å². The fourth-order valence-electron chi connectivity index (χ4n) is 2.54. The van der Waals surface area contributed by atoms with Crippen LogP contribution in [0.2, 0.25) is 0 Å². The Balaban J connectivity index is 2.35. The summed E-state index contributed by atoms with van der Waals surface area (Å²) in [6, 6.07) is 3.40. The number of hydrogen-bond donors (Lipinski definition) is 1. The highest BCUT2D eigenvalue weighted by Gasteiger charge is 2.35. The smallest absolute Gasteiger partial charge is 0.295 e. The molecule has 1 amide bonds. The molecule has 0 saturated carbocycles. The lowest BCUT2D eigenvalue weighted by Crippen LogP contribution is -2.57. The van der Waals surface area contributed by atoms with Crippen LogP contribution in [0.15, 0.2) is 56.7 Å². The Labute approximate surface area is 172 Å². The van der Waals surface area contributed by atoms with E-state index in [0.717, 1.165) is 6.42 Å². The number of allylic oxidation sites excluding steroid dienone is 1. The van der Waals surface area contributed by atoms with Crippen molar-refractivity contribution in [3.05, 3.63) is 47.5 Å². The number of pyridine rings is 1. The Morgan fingerprint density at radius 1 is 1.50 bits per heavy atom. The number of nitrogens with one attached hydrogen (secondary N) is 1. The third-order valence-electron chi connectivity index (χ3n) is 4.22. The number of hydrogen-bond acceptors (Lipinski definition) is 5. The van der Waals surface area contributed by atoms with E-state index >= 15 is 0 Å². The Kier molecular flexibility index (Phi) is 7.65. The van der Waals surface area contributed by atoms with Crippen LogP contribution in [0.1, 0.15) is 32.9 Å². The van der Waals surface area contributed by atoms with E-state index < -0.39 is 10.8 Å². The van der Waals surface area contributed by atoms with Gasteiger partial charge >= 0.3 is 0 Å². The van der Waals surface area contributed by atoms with Crippen molar-refractivity contribution in [2.24, 2.45) is 9.98 Å². The Hall–Kier alpha value is -2.32. The molecule has 150 valence electrons. The molecule has 1 aromatic rings. The predicted octanol–water partition coefficient (Wildman–Crippen LogP) is 2.96. The molecular weight excluding hydrogens is 398 g/mol. The highest BCUT2D eigenvalue weighted by atomic mass is 35.5. The van der Waals surface area contributed by atoms with Crippen LogP contribution >= 0.6 is 11.6 Å². The molecule has 0 bridgehead atoms. The van der Waals surface area contributed by atoms with Crippen LogP contribution in [0.5, 0.6) is 0 Å². The monoisotopic (exact) mass is 421 g/mol. The summed E-state index contributed by atoms with van der Waals surface area (Å²) in [6.07, 6.45) is 5.69. The van der Waals surface area contributed by atoms with Crippen molar-refractivity contribution in [2.75, 3.05) is 6.26 Å². The van der Waals surface area contributed by atoms with Crippen LogP contribution in [0.3, 0.4) is 0 Å². The average molecular weight is 422 g/mol. The Morgan fingerprint density at radius 3 is 2.71 bits per heavy atom. The molecule has 1 fully saturated rings. The third kappa shape index (κ3) is 5.14. The van der Waals surface area contributed by atoms with Crippen molar-refractivity contribution in [3.63, 3.8) is 0 Å². The average Bonchev–Trinajstić information content (AvgIpc) is 2.67. The van der Waals surface area contributed by atoms with Crippen LogP contribution < -0.4 is 5.32 Å². The summed E-state index contributed by atoms with van der Waals surface area (Å²) in [7, 11) is -1.09. The van der Waals surface area contributed by atoms with E-state index in [1.807, 2.05) is 20.8 Å². The van der Waals surface area contributed by atoms with Crippen LogP contribution in [0.25, 0.3) is 0 Å². The lowest BCUT2D eigenvalue weighted by Gasteiger charge is -2.35. The van der Waals surface area contributed by atoms with Gasteiger partial charge in [-0.25, -0.2) is 4.99 Å². The third-order valence-corrected chi connectivity index (χ3v) is 5.21. The van der Waals surface area contributed by atoms with Crippen molar-refractivity contribution in [3.8, 4) is 0 Å². The van der Waals surface area contributed by atoms with Gasteiger partial charge in [-0.2, -0.15) is 0 Å². The fourth-order valence-corrected chi connectivity index (χ4v) is 3.08. The molecule has 28 heavy (non-hydrogen) atoms. The van der Waals surface area contributed by atoms with Crippen molar-refractivity contribution >= 4 is 40.0 Å². The molecule has 1 aliphatic heterocycles. The lowest BCUT2D eigenvalue weighted by molar-refractivity contribution is -0.122. The Bertz CT molecular complexity index is 877. The molecule has 1 aromatic heterocycles. The van der Waals surface area contributed by atoms with Gasteiger partial charge in [0.1, 0.15) is 5.16 Å². The molecule has 9 heteroatoms. The van der Waals surface area contributed by atoms with Crippen molar-refractivity contribution in [2.45, 2.75) is 44.7 Å². The van der Waals surface area contributed by atoms with E-state index in [9.17, 15) is 9.00 Å². The molecule has 0 aromatic carbocycles. The number of aliphatic imine (C=N–C) groups is 2. The highest BCUT2D eigenvalue weighted by molar-refractivity contribution is 7.84. The molecule has 7 nitrogen and oxygen atoms in total. The topological polar surface area (TPSA) is 87.0 Å². The maximum atomic E-state index is 13.0. The second kappa shape index (κ2) is 9.75. The van der Waals surface area contributed by atoms with Crippen LogP contribution in [0, 0.1) is 0 Å². The lowest BCUT2D eigenvalue weighted by atomic mass is 10.1. The molecule has 0 spiro atoms. The second-order valence-corrected chi connectivity index (χ2v) is 7.99. The summed E-state index contributed by atoms with van der Waals surface area (Å²) in [5.74, 6) is 0.342. The fraction of sp³-hybridized carbons (Fsp3) is 0.368. The summed E-state index contributed by atoms with van der Waals surface area (Å²) in [5.41, 5.74) is 1.30. The zero-order chi connectivity index (χ0) is 20.8. The van der Waals surface area contributed by atoms with Gasteiger partial charge in [0.2, 0.25) is 0 Å². The molecule has 2 rings (SSSR count). The van der Waals surface area contributed by atoms with E-state index in [2.05, 4.69) is 26.9 Å². The van der Waals surface area contributed by atoms with Gasteiger partial charge in [0.25, 0.3) is 5.91 Å². The first-order chi connectivity index (χ1) is 13.3. The maximum absolute atomic E-state index is 13.0. The van der Waals surface area contributed by atoms with Crippen molar-refractivity contribution < 1.29 is 9.00 Å². The Morgan fingerprint density at radius 2 is 2.21 bits per heavy atom. The van der Waals surface area contributed by atoms with Crippen LogP contribution in [0.4, 0.5) is 0 Å². The number of rotatable bonds is 6. The molecule has 2 atom stereocenters.